The Kier molecular flexibility index (Phi) is 10.5. The maximum Gasteiger partial charge on any atom is 0.351 e. The van der Waals surface area contributed by atoms with Crippen molar-refractivity contribution >= 4 is 29.7 Å². The largest absolute Gasteiger partial charge is 0.463 e. The van der Waals surface area contributed by atoms with Crippen LogP contribution in [0.4, 0.5) is 0 Å². The Morgan fingerprint density at radius 2 is 1.52 bits per heavy atom. The lowest BCUT2D eigenvalue weighted by Crippen LogP contribution is -2.52. The van der Waals surface area contributed by atoms with E-state index in [9.17, 15) is 19.5 Å². The van der Waals surface area contributed by atoms with Crippen LogP contribution < -0.4 is 0 Å². The van der Waals surface area contributed by atoms with Crippen LogP contribution >= 0.6 is 11.8 Å². The summed E-state index contributed by atoms with van der Waals surface area (Å²) in [5, 5.41) is 10.2. The summed E-state index contributed by atoms with van der Waals surface area (Å²) in [4.78, 5) is 36.7. The molecule has 0 fully saturated rings. The van der Waals surface area contributed by atoms with Gasteiger partial charge in [-0.3, -0.25) is 0 Å². The van der Waals surface area contributed by atoms with Crippen molar-refractivity contribution in [2.45, 2.75) is 38.5 Å². The van der Waals surface area contributed by atoms with Gasteiger partial charge in [0.1, 0.15) is 0 Å². The Morgan fingerprint density at radius 3 is 2.00 bits per heavy atom. The fourth-order valence-electron chi connectivity index (χ4n) is 2.47. The van der Waals surface area contributed by atoms with E-state index in [0.717, 1.165) is 17.3 Å². The molecule has 1 unspecified atom stereocenters. The van der Waals surface area contributed by atoms with Crippen LogP contribution in [0.25, 0.3) is 0 Å². The highest BCUT2D eigenvalue weighted by Gasteiger charge is 2.54. The Balaban J connectivity index is 3.26. The fraction of sp³-hybridized carbons (Fsp3) is 0.476. The van der Waals surface area contributed by atoms with Crippen molar-refractivity contribution in [3.63, 3.8) is 0 Å². The molecule has 0 aromatic heterocycles. The van der Waals surface area contributed by atoms with Crippen molar-refractivity contribution in [1.29, 1.82) is 0 Å². The van der Waals surface area contributed by atoms with Gasteiger partial charge in [0.25, 0.3) is 5.60 Å². The molecule has 0 bridgehead atoms. The van der Waals surface area contributed by atoms with Crippen molar-refractivity contribution < 1.29 is 33.7 Å². The summed E-state index contributed by atoms with van der Waals surface area (Å²) in [6.07, 6.45) is 2.80. The second kappa shape index (κ2) is 12.3. The van der Waals surface area contributed by atoms with Gasteiger partial charge in [-0.25, -0.2) is 14.4 Å². The molecule has 0 aliphatic heterocycles. The third-order valence-corrected chi connectivity index (χ3v) is 5.16. The lowest BCUT2D eigenvalue weighted by Gasteiger charge is -2.31. The van der Waals surface area contributed by atoms with Crippen LogP contribution in [0, 0.1) is 6.92 Å². The van der Waals surface area contributed by atoms with E-state index in [-0.39, 0.29) is 25.6 Å². The second-order valence-electron chi connectivity index (χ2n) is 5.99. The summed E-state index contributed by atoms with van der Waals surface area (Å²) in [5.74, 6) is -2.42. The first-order valence-corrected chi connectivity index (χ1v) is 10.4. The Hall–Kier alpha value is -2.32. The minimum absolute atomic E-state index is 0.00536. The summed E-state index contributed by atoms with van der Waals surface area (Å²) in [6.45, 7) is 7.01. The molecule has 0 aliphatic carbocycles. The van der Waals surface area contributed by atoms with Gasteiger partial charge in [-0.05, 0) is 33.3 Å². The molecule has 160 valence electrons. The number of carbonyl (C=O) groups excluding carboxylic acids is 3. The number of esters is 3. The van der Waals surface area contributed by atoms with Gasteiger partial charge in [0.05, 0.1) is 25.1 Å². The van der Waals surface area contributed by atoms with E-state index in [4.69, 9.17) is 14.2 Å². The molecular formula is C21H28O7S. The minimum Gasteiger partial charge on any atom is -0.463 e. The molecule has 0 radical (unpaired) electrons. The standard InChI is InChI=1S/C21H28O7S/c1-5-26-17(22)9-8-14-29-18(16-12-10-15(4)11-13-16)21(25,19(23)27-6-2)20(24)28-7-3/h8-13,18,25H,5-7,14H2,1-4H3/b9-8+. The smallest absolute Gasteiger partial charge is 0.351 e. The highest BCUT2D eigenvalue weighted by Crippen LogP contribution is 2.40. The van der Waals surface area contributed by atoms with E-state index >= 15 is 0 Å². The molecule has 7 nitrogen and oxygen atoms in total. The van der Waals surface area contributed by atoms with Crippen molar-refractivity contribution in [3.05, 3.63) is 47.5 Å². The van der Waals surface area contributed by atoms with Crippen molar-refractivity contribution in [2.75, 3.05) is 25.6 Å². The average molecular weight is 425 g/mol. The third-order valence-electron chi connectivity index (χ3n) is 3.83. The van der Waals surface area contributed by atoms with E-state index in [2.05, 4.69) is 0 Å². The summed E-state index contributed by atoms with van der Waals surface area (Å²) in [5.41, 5.74) is -1.01. The molecular weight excluding hydrogens is 396 g/mol. The minimum atomic E-state index is -2.54. The van der Waals surface area contributed by atoms with Gasteiger partial charge in [0, 0.05) is 11.8 Å². The zero-order chi connectivity index (χ0) is 21.9. The number of hydrogen-bond donors (Lipinski definition) is 1. The quantitative estimate of drug-likeness (QED) is 0.251. The Morgan fingerprint density at radius 1 is 1.00 bits per heavy atom. The number of ether oxygens (including phenoxy) is 3. The highest BCUT2D eigenvalue weighted by atomic mass is 32.2. The SMILES string of the molecule is CCOC(=O)/C=C/CSC(c1ccc(C)cc1)C(O)(C(=O)OCC)C(=O)OCC. The van der Waals surface area contributed by atoms with E-state index < -0.39 is 28.8 Å². The predicted octanol–water partition coefficient (Wildman–Crippen LogP) is 2.75. The van der Waals surface area contributed by atoms with Crippen LogP contribution in [-0.2, 0) is 28.6 Å². The van der Waals surface area contributed by atoms with Crippen molar-refractivity contribution in [1.82, 2.24) is 0 Å². The maximum absolute atomic E-state index is 12.6. The lowest BCUT2D eigenvalue weighted by molar-refractivity contribution is -0.183. The predicted molar refractivity (Wildman–Crippen MR) is 110 cm³/mol. The van der Waals surface area contributed by atoms with Gasteiger partial charge in [0.2, 0.25) is 0 Å². The molecule has 29 heavy (non-hydrogen) atoms. The van der Waals surface area contributed by atoms with Crippen LogP contribution in [0.3, 0.4) is 0 Å². The van der Waals surface area contributed by atoms with Crippen molar-refractivity contribution in [3.8, 4) is 0 Å². The molecule has 1 aromatic rings. The molecule has 1 rings (SSSR count). The molecule has 1 aromatic carbocycles. The monoisotopic (exact) mass is 424 g/mol. The first kappa shape index (κ1) is 24.7. The number of rotatable bonds is 11. The van der Waals surface area contributed by atoms with Crippen molar-refractivity contribution in [2.24, 2.45) is 0 Å². The normalized spacial score (nSPS) is 12.4. The molecule has 0 saturated heterocycles. The van der Waals surface area contributed by atoms with Gasteiger partial charge in [-0.1, -0.05) is 35.9 Å². The maximum atomic E-state index is 12.6. The van der Waals surface area contributed by atoms with E-state index in [0.29, 0.717) is 5.56 Å². The van der Waals surface area contributed by atoms with Gasteiger partial charge < -0.3 is 19.3 Å². The van der Waals surface area contributed by atoms with E-state index in [1.807, 2.05) is 19.1 Å². The molecule has 1 N–H and O–H groups in total. The van der Waals surface area contributed by atoms with Crippen LogP contribution in [0.5, 0.6) is 0 Å². The average Bonchev–Trinajstić information content (AvgIpc) is 2.69. The Labute approximate surface area is 175 Å². The molecule has 0 spiro atoms. The molecule has 0 saturated carbocycles. The summed E-state index contributed by atoms with van der Waals surface area (Å²) in [6, 6.07) is 7.08. The molecule has 8 heteroatoms. The molecule has 0 amide bonds. The number of aliphatic hydroxyl groups is 1. The number of benzene rings is 1. The fourth-order valence-corrected chi connectivity index (χ4v) is 3.65. The molecule has 0 heterocycles. The van der Waals surface area contributed by atoms with Crippen LogP contribution in [0.15, 0.2) is 36.4 Å². The highest BCUT2D eigenvalue weighted by molar-refractivity contribution is 7.99. The first-order chi connectivity index (χ1) is 13.8. The van der Waals surface area contributed by atoms with Crippen LogP contribution in [0.1, 0.15) is 37.1 Å². The van der Waals surface area contributed by atoms with Gasteiger partial charge in [-0.2, -0.15) is 0 Å². The number of hydrogen-bond acceptors (Lipinski definition) is 8. The molecule has 0 aliphatic rings. The van der Waals surface area contributed by atoms with Gasteiger partial charge >= 0.3 is 17.9 Å². The van der Waals surface area contributed by atoms with Crippen LogP contribution in [-0.4, -0.2) is 54.2 Å². The zero-order valence-corrected chi connectivity index (χ0v) is 18.0. The summed E-state index contributed by atoms with van der Waals surface area (Å²) >= 11 is 1.11. The topological polar surface area (TPSA) is 99.1 Å². The lowest BCUT2D eigenvalue weighted by atomic mass is 9.93. The van der Waals surface area contributed by atoms with Crippen LogP contribution in [0.2, 0.25) is 0 Å². The number of carbonyl (C=O) groups is 3. The van der Waals surface area contributed by atoms with E-state index in [1.165, 1.54) is 6.08 Å². The van der Waals surface area contributed by atoms with Gasteiger partial charge in [-0.15, -0.1) is 11.8 Å². The third kappa shape index (κ3) is 6.90. The van der Waals surface area contributed by atoms with Gasteiger partial charge in [0.15, 0.2) is 0 Å². The summed E-state index contributed by atoms with van der Waals surface area (Å²) < 4.78 is 14.8. The summed E-state index contributed by atoms with van der Waals surface area (Å²) in [7, 11) is 0. The zero-order valence-electron chi connectivity index (χ0n) is 17.2. The number of aryl methyl sites for hydroxylation is 1. The second-order valence-corrected chi connectivity index (χ2v) is 7.12. The van der Waals surface area contributed by atoms with E-state index in [1.54, 1.807) is 39.0 Å². The first-order valence-electron chi connectivity index (χ1n) is 9.39. The number of thioether (sulfide) groups is 1. The molecule has 1 atom stereocenters. The Bertz CT molecular complexity index is 694.